The highest BCUT2D eigenvalue weighted by atomic mass is 16.5. The summed E-state index contributed by atoms with van der Waals surface area (Å²) in [7, 11) is 2.04. The van der Waals surface area contributed by atoms with Gasteiger partial charge in [0.2, 0.25) is 0 Å². The second-order valence-electron chi connectivity index (χ2n) is 7.06. The first-order valence-corrected chi connectivity index (χ1v) is 9.60. The lowest BCUT2D eigenvalue weighted by Gasteiger charge is -2.28. The first kappa shape index (κ1) is 18.8. The SMILES string of the molecule is CN(c1ccccc1)c1ccc2c(c1)OCCC2CNc1cnccc1C(=O)O. The summed E-state index contributed by atoms with van der Waals surface area (Å²) in [5.41, 5.74) is 4.07. The Morgan fingerprint density at radius 1 is 1.21 bits per heavy atom. The van der Waals surface area contributed by atoms with Gasteiger partial charge in [-0.3, -0.25) is 4.98 Å². The molecule has 0 amide bonds. The van der Waals surface area contributed by atoms with Crippen LogP contribution in [-0.2, 0) is 0 Å². The molecule has 0 saturated heterocycles. The Kier molecular flexibility index (Phi) is 5.33. The number of nitrogens with one attached hydrogen (secondary N) is 1. The van der Waals surface area contributed by atoms with Crippen LogP contribution in [0, 0.1) is 0 Å². The molecule has 1 aliphatic heterocycles. The van der Waals surface area contributed by atoms with Gasteiger partial charge >= 0.3 is 5.97 Å². The normalized spacial score (nSPS) is 15.1. The summed E-state index contributed by atoms with van der Waals surface area (Å²) >= 11 is 0. The Hall–Kier alpha value is -3.54. The maximum Gasteiger partial charge on any atom is 0.337 e. The van der Waals surface area contributed by atoms with Gasteiger partial charge in [-0.2, -0.15) is 0 Å². The van der Waals surface area contributed by atoms with E-state index in [0.717, 1.165) is 29.1 Å². The Bertz CT molecular complexity index is 1010. The molecule has 148 valence electrons. The van der Waals surface area contributed by atoms with Gasteiger partial charge in [-0.1, -0.05) is 24.3 Å². The van der Waals surface area contributed by atoms with Crippen molar-refractivity contribution in [2.75, 3.05) is 30.4 Å². The van der Waals surface area contributed by atoms with E-state index in [-0.39, 0.29) is 11.5 Å². The number of hydrogen-bond acceptors (Lipinski definition) is 5. The summed E-state index contributed by atoms with van der Waals surface area (Å²) < 4.78 is 5.93. The second-order valence-corrected chi connectivity index (χ2v) is 7.06. The molecule has 1 unspecified atom stereocenters. The van der Waals surface area contributed by atoms with Crippen molar-refractivity contribution in [1.82, 2.24) is 4.98 Å². The summed E-state index contributed by atoms with van der Waals surface area (Å²) in [6, 6.07) is 18.0. The van der Waals surface area contributed by atoms with Crippen molar-refractivity contribution in [3.05, 3.63) is 78.1 Å². The molecule has 6 nitrogen and oxygen atoms in total. The third-order valence-electron chi connectivity index (χ3n) is 5.28. The van der Waals surface area contributed by atoms with Crippen molar-refractivity contribution >= 4 is 23.0 Å². The monoisotopic (exact) mass is 389 g/mol. The zero-order valence-corrected chi connectivity index (χ0v) is 16.2. The quantitative estimate of drug-likeness (QED) is 0.645. The van der Waals surface area contributed by atoms with E-state index < -0.39 is 5.97 Å². The van der Waals surface area contributed by atoms with Crippen LogP contribution in [0.1, 0.15) is 28.3 Å². The second kappa shape index (κ2) is 8.22. The average Bonchev–Trinajstić information content (AvgIpc) is 2.77. The van der Waals surface area contributed by atoms with Gasteiger partial charge in [-0.15, -0.1) is 0 Å². The molecule has 0 aliphatic carbocycles. The smallest absolute Gasteiger partial charge is 0.337 e. The third-order valence-corrected chi connectivity index (χ3v) is 5.28. The highest BCUT2D eigenvalue weighted by Gasteiger charge is 2.23. The summed E-state index contributed by atoms with van der Waals surface area (Å²) in [5, 5.41) is 12.6. The van der Waals surface area contributed by atoms with E-state index in [1.165, 1.54) is 12.3 Å². The molecule has 0 radical (unpaired) electrons. The average molecular weight is 389 g/mol. The highest BCUT2D eigenvalue weighted by molar-refractivity contribution is 5.93. The number of carboxylic acids is 1. The van der Waals surface area contributed by atoms with Crippen molar-refractivity contribution < 1.29 is 14.6 Å². The fourth-order valence-electron chi connectivity index (χ4n) is 3.63. The van der Waals surface area contributed by atoms with Crippen molar-refractivity contribution in [3.8, 4) is 5.75 Å². The lowest BCUT2D eigenvalue weighted by atomic mass is 9.92. The van der Waals surface area contributed by atoms with Gasteiger partial charge in [0, 0.05) is 43.1 Å². The zero-order chi connectivity index (χ0) is 20.2. The van der Waals surface area contributed by atoms with Crippen LogP contribution in [0.4, 0.5) is 17.1 Å². The predicted molar refractivity (Wildman–Crippen MR) is 113 cm³/mol. The molecule has 4 rings (SSSR count). The molecule has 29 heavy (non-hydrogen) atoms. The van der Waals surface area contributed by atoms with Gasteiger partial charge in [0.1, 0.15) is 5.75 Å². The molecule has 0 saturated carbocycles. The lowest BCUT2D eigenvalue weighted by molar-refractivity contribution is 0.0697. The predicted octanol–water partition coefficient (Wildman–Crippen LogP) is 4.53. The first-order chi connectivity index (χ1) is 14.1. The van der Waals surface area contributed by atoms with Gasteiger partial charge in [-0.05, 0) is 36.2 Å². The number of hydrogen-bond donors (Lipinski definition) is 2. The number of carbonyl (C=O) groups is 1. The molecule has 2 aromatic carbocycles. The van der Waals surface area contributed by atoms with Gasteiger partial charge in [0.15, 0.2) is 0 Å². The zero-order valence-electron chi connectivity index (χ0n) is 16.2. The number of fused-ring (bicyclic) bond motifs is 1. The van der Waals surface area contributed by atoms with E-state index in [1.807, 2.05) is 25.2 Å². The molecule has 1 aliphatic rings. The van der Waals surface area contributed by atoms with Gasteiger partial charge < -0.3 is 20.1 Å². The topological polar surface area (TPSA) is 74.7 Å². The minimum Gasteiger partial charge on any atom is -0.493 e. The van der Waals surface area contributed by atoms with Crippen LogP contribution in [0.25, 0.3) is 0 Å². The molecular weight excluding hydrogens is 366 g/mol. The number of aromatic carboxylic acids is 1. The molecule has 6 heteroatoms. The van der Waals surface area contributed by atoms with Crippen LogP contribution in [0.15, 0.2) is 67.0 Å². The molecule has 1 aromatic heterocycles. The third kappa shape index (κ3) is 4.01. The van der Waals surface area contributed by atoms with Crippen LogP contribution in [0.2, 0.25) is 0 Å². The van der Waals surface area contributed by atoms with Crippen molar-refractivity contribution in [2.45, 2.75) is 12.3 Å². The number of nitrogens with zero attached hydrogens (tertiary/aromatic N) is 2. The van der Waals surface area contributed by atoms with Gasteiger partial charge in [0.25, 0.3) is 0 Å². The maximum absolute atomic E-state index is 11.4. The number of benzene rings is 2. The Morgan fingerprint density at radius 3 is 2.83 bits per heavy atom. The molecule has 1 atom stereocenters. The van der Waals surface area contributed by atoms with E-state index >= 15 is 0 Å². The van der Waals surface area contributed by atoms with E-state index in [4.69, 9.17) is 4.74 Å². The van der Waals surface area contributed by atoms with Crippen molar-refractivity contribution in [3.63, 3.8) is 0 Å². The number of aromatic nitrogens is 1. The summed E-state index contributed by atoms with van der Waals surface area (Å²) in [6.45, 7) is 1.26. The largest absolute Gasteiger partial charge is 0.493 e. The van der Waals surface area contributed by atoms with E-state index in [2.05, 4.69) is 45.5 Å². The number of para-hydroxylation sites is 1. The highest BCUT2D eigenvalue weighted by Crippen LogP contribution is 2.37. The first-order valence-electron chi connectivity index (χ1n) is 9.60. The van der Waals surface area contributed by atoms with Crippen LogP contribution in [-0.4, -0.2) is 36.3 Å². The Labute approximate surface area is 169 Å². The number of rotatable bonds is 6. The molecule has 0 fully saturated rings. The molecule has 0 bridgehead atoms. The molecule has 2 heterocycles. The van der Waals surface area contributed by atoms with E-state index in [1.54, 1.807) is 6.20 Å². The number of anilines is 3. The van der Waals surface area contributed by atoms with Crippen LogP contribution in [0.3, 0.4) is 0 Å². The van der Waals surface area contributed by atoms with Crippen LogP contribution in [0.5, 0.6) is 5.75 Å². The fourth-order valence-corrected chi connectivity index (χ4v) is 3.63. The van der Waals surface area contributed by atoms with Crippen molar-refractivity contribution in [2.24, 2.45) is 0 Å². The maximum atomic E-state index is 11.4. The molecule has 2 N–H and O–H groups in total. The van der Waals surface area contributed by atoms with Crippen molar-refractivity contribution in [1.29, 1.82) is 0 Å². The van der Waals surface area contributed by atoms with E-state index in [9.17, 15) is 9.90 Å². The van der Waals surface area contributed by atoms with Gasteiger partial charge in [0.05, 0.1) is 24.1 Å². The number of carboxylic acid groups (broad SMARTS) is 1. The van der Waals surface area contributed by atoms with E-state index in [0.29, 0.717) is 18.8 Å². The number of ether oxygens (including phenoxy) is 1. The molecule has 0 spiro atoms. The minimum atomic E-state index is -0.962. The summed E-state index contributed by atoms with van der Waals surface area (Å²) in [5.74, 6) is 0.153. The standard InChI is InChI=1S/C23H23N3O3/c1-26(17-5-3-2-4-6-17)18-7-8-19-16(10-12-29-22(19)13-18)14-25-21-15-24-11-9-20(21)23(27)28/h2-9,11,13,15-16,25H,10,12,14H2,1H3,(H,27,28). The molecular formula is C23H23N3O3. The Morgan fingerprint density at radius 2 is 2.03 bits per heavy atom. The van der Waals surface area contributed by atoms with Crippen LogP contribution >= 0.6 is 0 Å². The minimum absolute atomic E-state index is 0.229. The summed E-state index contributed by atoms with van der Waals surface area (Å²) in [4.78, 5) is 17.6. The Balaban J connectivity index is 1.53. The molecule has 3 aromatic rings. The number of pyridine rings is 1. The summed E-state index contributed by atoms with van der Waals surface area (Å²) in [6.07, 6.45) is 3.92. The van der Waals surface area contributed by atoms with Gasteiger partial charge in [-0.25, -0.2) is 4.79 Å². The fraction of sp³-hybridized carbons (Fsp3) is 0.217. The van der Waals surface area contributed by atoms with Crippen LogP contribution < -0.4 is 15.0 Å². The lowest BCUT2D eigenvalue weighted by Crippen LogP contribution is -2.22.